The SMILES string of the molecule is CCOc1cc(C2C(=C(O)c3ccc4c(c3)OCCO4)C(=O)C(=O)N2CCN(C)C)ccc1OCCC(C)C. The van der Waals surface area contributed by atoms with Crippen molar-refractivity contribution in [3.05, 3.63) is 53.1 Å². The van der Waals surface area contributed by atoms with Crippen LogP contribution in [0.15, 0.2) is 42.0 Å². The number of fused-ring (bicyclic) bond motifs is 1. The van der Waals surface area contributed by atoms with Gasteiger partial charge in [0.15, 0.2) is 23.0 Å². The van der Waals surface area contributed by atoms with Gasteiger partial charge in [0.05, 0.1) is 24.8 Å². The fraction of sp³-hybridized carbons (Fsp3) is 0.467. The lowest BCUT2D eigenvalue weighted by Crippen LogP contribution is -2.35. The summed E-state index contributed by atoms with van der Waals surface area (Å²) in [6.07, 6.45) is 0.896. The van der Waals surface area contributed by atoms with Crippen LogP contribution in [-0.4, -0.2) is 80.2 Å². The number of likely N-dealkylation sites (tertiary alicyclic amines) is 1. The largest absolute Gasteiger partial charge is 0.507 e. The molecule has 39 heavy (non-hydrogen) atoms. The molecule has 0 bridgehead atoms. The van der Waals surface area contributed by atoms with E-state index in [0.29, 0.717) is 79.6 Å². The van der Waals surface area contributed by atoms with Crippen LogP contribution in [0.2, 0.25) is 0 Å². The molecule has 1 fully saturated rings. The summed E-state index contributed by atoms with van der Waals surface area (Å²) in [5.74, 6) is 1.00. The van der Waals surface area contributed by atoms with Crippen LogP contribution in [0.4, 0.5) is 0 Å². The molecule has 1 saturated heterocycles. The summed E-state index contributed by atoms with van der Waals surface area (Å²) >= 11 is 0. The number of hydrogen-bond donors (Lipinski definition) is 1. The van der Waals surface area contributed by atoms with Gasteiger partial charge in [-0.2, -0.15) is 0 Å². The lowest BCUT2D eigenvalue weighted by molar-refractivity contribution is -0.140. The molecule has 1 amide bonds. The van der Waals surface area contributed by atoms with Gasteiger partial charge in [-0.25, -0.2) is 0 Å². The van der Waals surface area contributed by atoms with E-state index in [1.165, 1.54) is 4.90 Å². The summed E-state index contributed by atoms with van der Waals surface area (Å²) in [7, 11) is 3.80. The molecule has 2 aromatic rings. The molecule has 0 spiro atoms. The maximum absolute atomic E-state index is 13.4. The quantitative estimate of drug-likeness (QED) is 0.258. The van der Waals surface area contributed by atoms with Gasteiger partial charge in [-0.15, -0.1) is 0 Å². The van der Waals surface area contributed by atoms with Crippen molar-refractivity contribution in [2.75, 3.05) is 53.6 Å². The molecule has 9 nitrogen and oxygen atoms in total. The minimum atomic E-state index is -0.804. The number of likely N-dealkylation sites (N-methyl/N-ethyl adjacent to an activating group) is 1. The number of hydrogen-bond acceptors (Lipinski definition) is 8. The number of carbonyl (C=O) groups excluding carboxylic acids is 2. The van der Waals surface area contributed by atoms with Crippen molar-refractivity contribution in [1.82, 2.24) is 9.80 Å². The van der Waals surface area contributed by atoms with Gasteiger partial charge < -0.3 is 33.9 Å². The normalized spacial score (nSPS) is 18.2. The van der Waals surface area contributed by atoms with E-state index in [1.54, 1.807) is 30.3 Å². The highest BCUT2D eigenvalue weighted by Crippen LogP contribution is 2.43. The van der Waals surface area contributed by atoms with Gasteiger partial charge in [0, 0.05) is 18.7 Å². The maximum atomic E-state index is 13.4. The highest BCUT2D eigenvalue weighted by atomic mass is 16.6. The number of ketones is 1. The molecule has 2 aromatic carbocycles. The maximum Gasteiger partial charge on any atom is 0.295 e. The molecule has 2 aliphatic heterocycles. The van der Waals surface area contributed by atoms with Gasteiger partial charge in [-0.1, -0.05) is 19.9 Å². The van der Waals surface area contributed by atoms with Gasteiger partial charge in [-0.05, 0) is 69.3 Å². The van der Waals surface area contributed by atoms with E-state index in [2.05, 4.69) is 13.8 Å². The van der Waals surface area contributed by atoms with Crippen LogP contribution in [0.5, 0.6) is 23.0 Å². The van der Waals surface area contributed by atoms with Crippen molar-refractivity contribution in [1.29, 1.82) is 0 Å². The average molecular weight is 539 g/mol. The smallest absolute Gasteiger partial charge is 0.295 e. The number of Topliss-reactive ketones (excluding diaryl/α,β-unsaturated/α-hetero) is 1. The van der Waals surface area contributed by atoms with Crippen LogP contribution in [-0.2, 0) is 9.59 Å². The molecular formula is C30H38N2O7. The number of ether oxygens (including phenoxy) is 4. The summed E-state index contributed by atoms with van der Waals surface area (Å²) in [4.78, 5) is 30.1. The summed E-state index contributed by atoms with van der Waals surface area (Å²) in [5.41, 5.74) is 1.03. The molecule has 2 aliphatic rings. The van der Waals surface area contributed by atoms with Crippen molar-refractivity contribution in [2.24, 2.45) is 5.92 Å². The average Bonchev–Trinajstić information content (AvgIpc) is 3.16. The van der Waals surface area contributed by atoms with Gasteiger partial charge in [0.25, 0.3) is 11.7 Å². The van der Waals surface area contributed by atoms with E-state index in [0.717, 1.165) is 6.42 Å². The van der Waals surface area contributed by atoms with Crippen molar-refractivity contribution in [2.45, 2.75) is 33.2 Å². The number of benzene rings is 2. The summed E-state index contributed by atoms with van der Waals surface area (Å²) in [5, 5.41) is 11.4. The second kappa shape index (κ2) is 12.4. The Morgan fingerprint density at radius 3 is 2.49 bits per heavy atom. The first kappa shape index (κ1) is 28.3. The van der Waals surface area contributed by atoms with Gasteiger partial charge in [0.2, 0.25) is 0 Å². The molecule has 1 N–H and O–H groups in total. The highest BCUT2D eigenvalue weighted by Gasteiger charge is 2.46. The first-order chi connectivity index (χ1) is 18.7. The molecule has 9 heteroatoms. The molecule has 210 valence electrons. The van der Waals surface area contributed by atoms with Crippen LogP contribution >= 0.6 is 0 Å². The molecule has 2 heterocycles. The van der Waals surface area contributed by atoms with Crippen molar-refractivity contribution in [3.63, 3.8) is 0 Å². The molecule has 4 rings (SSSR count). The number of amides is 1. The molecule has 1 atom stereocenters. The van der Waals surface area contributed by atoms with Gasteiger partial charge >= 0.3 is 0 Å². The number of carbonyl (C=O) groups is 2. The standard InChI is InChI=1S/C30H38N2O7/c1-6-36-24-17-20(7-9-22(24)37-14-11-19(2)3)27-26(29(34)30(35)32(27)13-12-31(4)5)28(33)21-8-10-23-25(18-21)39-16-15-38-23/h7-10,17-19,27,33H,6,11-16H2,1-5H3. The first-order valence-corrected chi connectivity index (χ1v) is 13.4. The predicted molar refractivity (Wildman–Crippen MR) is 148 cm³/mol. The summed E-state index contributed by atoms with van der Waals surface area (Å²) < 4.78 is 23.1. The third kappa shape index (κ3) is 6.30. The lowest BCUT2D eigenvalue weighted by Gasteiger charge is -2.27. The third-order valence-electron chi connectivity index (χ3n) is 6.68. The van der Waals surface area contributed by atoms with Crippen molar-refractivity contribution >= 4 is 17.4 Å². The van der Waals surface area contributed by atoms with Gasteiger partial charge in [0.1, 0.15) is 19.0 Å². The van der Waals surface area contributed by atoms with Crippen LogP contribution in [0.1, 0.15) is 44.4 Å². The minimum Gasteiger partial charge on any atom is -0.507 e. The Morgan fingerprint density at radius 2 is 1.79 bits per heavy atom. The Labute approximate surface area is 229 Å². The minimum absolute atomic E-state index is 0.0198. The lowest BCUT2D eigenvalue weighted by atomic mass is 9.94. The fourth-order valence-corrected chi connectivity index (χ4v) is 4.60. The van der Waals surface area contributed by atoms with E-state index in [9.17, 15) is 14.7 Å². The highest BCUT2D eigenvalue weighted by molar-refractivity contribution is 6.46. The zero-order chi connectivity index (χ0) is 28.1. The fourth-order valence-electron chi connectivity index (χ4n) is 4.60. The summed E-state index contributed by atoms with van der Waals surface area (Å²) in [6.45, 7) is 8.79. The van der Waals surface area contributed by atoms with E-state index in [4.69, 9.17) is 18.9 Å². The number of aliphatic hydroxyl groups excluding tert-OH is 1. The third-order valence-corrected chi connectivity index (χ3v) is 6.68. The zero-order valence-corrected chi connectivity index (χ0v) is 23.4. The van der Waals surface area contributed by atoms with E-state index in [-0.39, 0.29) is 11.3 Å². The number of rotatable bonds is 11. The molecule has 0 saturated carbocycles. The monoisotopic (exact) mass is 538 g/mol. The van der Waals surface area contributed by atoms with Crippen molar-refractivity contribution in [3.8, 4) is 23.0 Å². The van der Waals surface area contributed by atoms with Crippen LogP contribution in [0.25, 0.3) is 5.76 Å². The summed E-state index contributed by atoms with van der Waals surface area (Å²) in [6, 6.07) is 9.60. The zero-order valence-electron chi connectivity index (χ0n) is 23.4. The number of nitrogens with zero attached hydrogens (tertiary/aromatic N) is 2. The Morgan fingerprint density at radius 1 is 1.05 bits per heavy atom. The molecule has 0 radical (unpaired) electrons. The van der Waals surface area contributed by atoms with Crippen LogP contribution in [0.3, 0.4) is 0 Å². The van der Waals surface area contributed by atoms with Gasteiger partial charge in [-0.3, -0.25) is 9.59 Å². The van der Waals surface area contributed by atoms with Crippen LogP contribution in [0, 0.1) is 5.92 Å². The molecular weight excluding hydrogens is 500 g/mol. The second-order valence-corrected chi connectivity index (χ2v) is 10.3. The second-order valence-electron chi connectivity index (χ2n) is 10.3. The Kier molecular flexibility index (Phi) is 9.01. The predicted octanol–water partition coefficient (Wildman–Crippen LogP) is 4.26. The molecule has 1 unspecified atom stereocenters. The van der Waals surface area contributed by atoms with Crippen molar-refractivity contribution < 1.29 is 33.6 Å². The van der Waals surface area contributed by atoms with E-state index >= 15 is 0 Å². The van der Waals surface area contributed by atoms with E-state index < -0.39 is 17.7 Å². The molecule has 0 aromatic heterocycles. The topological polar surface area (TPSA) is 97.8 Å². The first-order valence-electron chi connectivity index (χ1n) is 13.4. The molecule has 0 aliphatic carbocycles. The van der Waals surface area contributed by atoms with E-state index in [1.807, 2.05) is 32.0 Å². The Hall–Kier alpha value is -3.72. The number of aliphatic hydroxyl groups is 1. The Balaban J connectivity index is 1.79. The Bertz CT molecular complexity index is 1240. The van der Waals surface area contributed by atoms with Crippen LogP contribution < -0.4 is 18.9 Å².